The van der Waals surface area contributed by atoms with Crippen molar-refractivity contribution in [1.82, 2.24) is 0 Å². The molecule has 0 atom stereocenters. The van der Waals surface area contributed by atoms with Gasteiger partial charge in [-0.2, -0.15) is 5.26 Å². The highest BCUT2D eigenvalue weighted by molar-refractivity contribution is 5.96. The molecule has 3 rings (SSSR count). The smallest absolute Gasteiger partial charge is 0.246 e. The standard InChI is InChI=1S/C21H22FN3O/c1-16-9-10-19-17(14-16)6-4-12-24(19)15-21(26)25(13-5-11-23)20-8-3-2-7-18(20)22/h2-3,7-10,14H,4-6,12-13,15H2,1H3. The average molecular weight is 351 g/mol. The third kappa shape index (κ3) is 3.85. The Bertz CT molecular complexity index is 843. The number of rotatable bonds is 5. The van der Waals surface area contributed by atoms with E-state index >= 15 is 0 Å². The van der Waals surface area contributed by atoms with Gasteiger partial charge in [-0.05, 0) is 43.5 Å². The van der Waals surface area contributed by atoms with Crippen LogP contribution in [0.1, 0.15) is 24.0 Å². The van der Waals surface area contributed by atoms with Crippen LogP contribution in [-0.2, 0) is 11.2 Å². The Morgan fingerprint density at radius 2 is 2.12 bits per heavy atom. The van der Waals surface area contributed by atoms with E-state index in [-0.39, 0.29) is 31.1 Å². The zero-order chi connectivity index (χ0) is 18.5. The van der Waals surface area contributed by atoms with Crippen LogP contribution in [0.15, 0.2) is 42.5 Å². The van der Waals surface area contributed by atoms with Gasteiger partial charge < -0.3 is 9.80 Å². The summed E-state index contributed by atoms with van der Waals surface area (Å²) in [6.45, 7) is 3.22. The van der Waals surface area contributed by atoms with Gasteiger partial charge in [-0.25, -0.2) is 4.39 Å². The van der Waals surface area contributed by atoms with E-state index in [0.717, 1.165) is 25.1 Å². The van der Waals surface area contributed by atoms with E-state index in [1.54, 1.807) is 18.2 Å². The third-order valence-electron chi connectivity index (χ3n) is 4.67. The van der Waals surface area contributed by atoms with Crippen LogP contribution in [0.4, 0.5) is 15.8 Å². The Hall–Kier alpha value is -2.87. The first-order valence-electron chi connectivity index (χ1n) is 8.86. The first kappa shape index (κ1) is 17.9. The number of aryl methyl sites for hydroxylation is 2. The molecule has 0 radical (unpaired) electrons. The topological polar surface area (TPSA) is 47.3 Å². The van der Waals surface area contributed by atoms with Crippen molar-refractivity contribution in [2.75, 3.05) is 29.4 Å². The summed E-state index contributed by atoms with van der Waals surface area (Å²) in [4.78, 5) is 16.4. The van der Waals surface area contributed by atoms with Crippen molar-refractivity contribution in [2.24, 2.45) is 0 Å². The Labute approximate surface area is 153 Å². The van der Waals surface area contributed by atoms with E-state index in [4.69, 9.17) is 5.26 Å². The largest absolute Gasteiger partial charge is 0.362 e. The van der Waals surface area contributed by atoms with Crippen LogP contribution in [0.25, 0.3) is 0 Å². The number of nitrogens with zero attached hydrogens (tertiary/aromatic N) is 3. The summed E-state index contributed by atoms with van der Waals surface area (Å²) >= 11 is 0. The summed E-state index contributed by atoms with van der Waals surface area (Å²) in [6, 6.07) is 14.5. The maximum atomic E-state index is 14.2. The van der Waals surface area contributed by atoms with E-state index < -0.39 is 5.82 Å². The Morgan fingerprint density at radius 1 is 1.31 bits per heavy atom. The van der Waals surface area contributed by atoms with Gasteiger partial charge in [0.1, 0.15) is 5.82 Å². The highest BCUT2D eigenvalue weighted by Crippen LogP contribution is 2.28. The molecule has 4 nitrogen and oxygen atoms in total. The molecule has 0 aliphatic carbocycles. The first-order valence-corrected chi connectivity index (χ1v) is 8.86. The number of amides is 1. The number of hydrogen-bond donors (Lipinski definition) is 0. The fraction of sp³-hybridized carbons (Fsp3) is 0.333. The first-order chi connectivity index (χ1) is 12.6. The van der Waals surface area contributed by atoms with E-state index in [9.17, 15) is 9.18 Å². The summed E-state index contributed by atoms with van der Waals surface area (Å²) < 4.78 is 14.2. The minimum atomic E-state index is -0.451. The van der Waals surface area contributed by atoms with Crippen molar-refractivity contribution >= 4 is 17.3 Å². The van der Waals surface area contributed by atoms with Gasteiger partial charge in [-0.15, -0.1) is 0 Å². The number of hydrogen-bond acceptors (Lipinski definition) is 3. The minimum absolute atomic E-state index is 0.163. The fourth-order valence-electron chi connectivity index (χ4n) is 3.43. The molecule has 0 bridgehead atoms. The maximum Gasteiger partial charge on any atom is 0.246 e. The molecule has 0 spiro atoms. The van der Waals surface area contributed by atoms with Gasteiger partial charge in [-0.1, -0.05) is 29.8 Å². The van der Waals surface area contributed by atoms with Crippen molar-refractivity contribution in [3.8, 4) is 6.07 Å². The van der Waals surface area contributed by atoms with Crippen LogP contribution in [0.3, 0.4) is 0 Å². The van der Waals surface area contributed by atoms with Crippen molar-refractivity contribution in [3.05, 3.63) is 59.4 Å². The lowest BCUT2D eigenvalue weighted by Gasteiger charge is -2.33. The zero-order valence-corrected chi connectivity index (χ0v) is 14.9. The van der Waals surface area contributed by atoms with E-state index in [2.05, 4.69) is 24.0 Å². The molecule has 0 unspecified atom stereocenters. The fourth-order valence-corrected chi connectivity index (χ4v) is 3.43. The molecule has 26 heavy (non-hydrogen) atoms. The molecule has 134 valence electrons. The lowest BCUT2D eigenvalue weighted by molar-refractivity contribution is -0.117. The molecule has 1 heterocycles. The number of fused-ring (bicyclic) bond motifs is 1. The third-order valence-corrected chi connectivity index (χ3v) is 4.67. The summed E-state index contributed by atoms with van der Waals surface area (Å²) in [5.74, 6) is -0.646. The average Bonchev–Trinajstić information content (AvgIpc) is 2.63. The van der Waals surface area contributed by atoms with Crippen LogP contribution in [-0.4, -0.2) is 25.5 Å². The maximum absolute atomic E-state index is 14.2. The molecule has 2 aromatic carbocycles. The molecule has 0 N–H and O–H groups in total. The number of carbonyl (C=O) groups is 1. The molecule has 2 aromatic rings. The summed E-state index contributed by atoms with van der Waals surface area (Å²) in [5, 5.41) is 8.90. The zero-order valence-electron chi connectivity index (χ0n) is 14.9. The van der Waals surface area contributed by atoms with Gasteiger partial charge in [0.05, 0.1) is 24.7 Å². The number of benzene rings is 2. The Kier molecular flexibility index (Phi) is 5.52. The number of nitriles is 1. The second-order valence-electron chi connectivity index (χ2n) is 6.56. The SMILES string of the molecule is Cc1ccc2c(c1)CCCN2CC(=O)N(CCC#N)c1ccccc1F. The second kappa shape index (κ2) is 8.01. The molecular formula is C21H22FN3O. The molecule has 1 amide bonds. The monoisotopic (exact) mass is 351 g/mol. The number of anilines is 2. The van der Waals surface area contributed by atoms with Crippen LogP contribution in [0, 0.1) is 24.1 Å². The second-order valence-corrected chi connectivity index (χ2v) is 6.56. The molecule has 0 fully saturated rings. The lowest BCUT2D eigenvalue weighted by Crippen LogP contribution is -2.43. The predicted octanol–water partition coefficient (Wildman–Crippen LogP) is 3.83. The summed E-state index contributed by atoms with van der Waals surface area (Å²) in [5.41, 5.74) is 3.76. The Balaban J connectivity index is 1.83. The Morgan fingerprint density at radius 3 is 2.88 bits per heavy atom. The van der Waals surface area contributed by atoms with Gasteiger partial charge in [0, 0.05) is 18.8 Å². The van der Waals surface area contributed by atoms with Crippen LogP contribution >= 0.6 is 0 Å². The lowest BCUT2D eigenvalue weighted by atomic mass is 9.99. The van der Waals surface area contributed by atoms with Crippen molar-refractivity contribution < 1.29 is 9.18 Å². The highest BCUT2D eigenvalue weighted by Gasteiger charge is 2.24. The van der Waals surface area contributed by atoms with Gasteiger partial charge in [0.2, 0.25) is 5.91 Å². The van der Waals surface area contributed by atoms with Gasteiger partial charge >= 0.3 is 0 Å². The van der Waals surface area contributed by atoms with E-state index in [1.165, 1.54) is 22.1 Å². The van der Waals surface area contributed by atoms with Gasteiger partial charge in [0.25, 0.3) is 0 Å². The van der Waals surface area contributed by atoms with Crippen molar-refractivity contribution in [1.29, 1.82) is 5.26 Å². The summed E-state index contributed by atoms with van der Waals surface area (Å²) in [7, 11) is 0. The van der Waals surface area contributed by atoms with Crippen molar-refractivity contribution in [3.63, 3.8) is 0 Å². The number of para-hydroxylation sites is 1. The molecule has 1 aliphatic heterocycles. The van der Waals surface area contributed by atoms with Crippen LogP contribution in [0.5, 0.6) is 0 Å². The normalized spacial score (nSPS) is 13.0. The molecular weight excluding hydrogens is 329 g/mol. The molecule has 0 saturated carbocycles. The van der Waals surface area contributed by atoms with E-state index in [1.807, 2.05) is 12.1 Å². The molecule has 0 saturated heterocycles. The predicted molar refractivity (Wildman–Crippen MR) is 101 cm³/mol. The van der Waals surface area contributed by atoms with Crippen LogP contribution < -0.4 is 9.80 Å². The summed E-state index contributed by atoms with van der Waals surface area (Å²) in [6.07, 6.45) is 2.16. The van der Waals surface area contributed by atoms with Crippen molar-refractivity contribution in [2.45, 2.75) is 26.2 Å². The van der Waals surface area contributed by atoms with Crippen LogP contribution in [0.2, 0.25) is 0 Å². The number of carbonyl (C=O) groups excluding carboxylic acids is 1. The van der Waals surface area contributed by atoms with E-state index in [0.29, 0.717) is 0 Å². The number of halogens is 1. The molecule has 5 heteroatoms. The minimum Gasteiger partial charge on any atom is -0.362 e. The van der Waals surface area contributed by atoms with Gasteiger partial charge in [-0.3, -0.25) is 4.79 Å². The molecule has 1 aliphatic rings. The van der Waals surface area contributed by atoms with Gasteiger partial charge in [0.15, 0.2) is 0 Å². The quantitative estimate of drug-likeness (QED) is 0.822. The highest BCUT2D eigenvalue weighted by atomic mass is 19.1. The molecule has 0 aromatic heterocycles.